The van der Waals surface area contributed by atoms with Crippen LogP contribution in [0.2, 0.25) is 5.02 Å². The van der Waals surface area contributed by atoms with Gasteiger partial charge < -0.3 is 5.32 Å². The van der Waals surface area contributed by atoms with Crippen LogP contribution in [0.15, 0.2) is 53.5 Å². The van der Waals surface area contributed by atoms with Crippen molar-refractivity contribution >= 4 is 40.0 Å². The van der Waals surface area contributed by atoms with Crippen LogP contribution < -0.4 is 10.9 Å². The third kappa shape index (κ3) is 4.34. The zero-order chi connectivity index (χ0) is 26.4. The standard InChI is InChI=1S/C24H19ClN8O4/c1-12-4-5-15(8-13(12)2)31-21-18(11-26-31)23(35)29-24(28-21)32-20(9-14(3)30-32)27-22(34)17-10-16(33(36)37)6-7-19(17)25/h4-11H,1-3H3,(H,27,34)(H,28,29,35). The Labute approximate surface area is 213 Å². The van der Waals surface area contributed by atoms with Crippen LogP contribution in [-0.2, 0) is 0 Å². The Bertz CT molecular complexity index is 1790. The van der Waals surface area contributed by atoms with Crippen LogP contribution in [0.5, 0.6) is 0 Å². The minimum atomic E-state index is -0.696. The first-order chi connectivity index (χ1) is 17.6. The Morgan fingerprint density at radius 3 is 2.59 bits per heavy atom. The van der Waals surface area contributed by atoms with Crippen molar-refractivity contribution in [3.63, 3.8) is 0 Å². The molecule has 5 aromatic rings. The molecule has 0 aliphatic carbocycles. The molecule has 2 aromatic carbocycles. The fourth-order valence-electron chi connectivity index (χ4n) is 3.79. The maximum absolute atomic E-state index is 13.0. The first-order valence-electron chi connectivity index (χ1n) is 11.0. The highest BCUT2D eigenvalue weighted by Crippen LogP contribution is 2.24. The zero-order valence-electron chi connectivity index (χ0n) is 19.8. The van der Waals surface area contributed by atoms with Crippen LogP contribution in [0, 0.1) is 30.9 Å². The smallest absolute Gasteiger partial charge is 0.270 e. The lowest BCUT2D eigenvalue weighted by molar-refractivity contribution is -0.384. The van der Waals surface area contributed by atoms with Crippen LogP contribution in [0.4, 0.5) is 11.5 Å². The predicted octanol–water partition coefficient (Wildman–Crippen LogP) is 4.03. The largest absolute Gasteiger partial charge is 0.306 e. The summed E-state index contributed by atoms with van der Waals surface area (Å²) in [6, 6.07) is 10.9. The van der Waals surface area contributed by atoms with E-state index in [1.165, 1.54) is 23.0 Å². The van der Waals surface area contributed by atoms with Crippen molar-refractivity contribution in [2.45, 2.75) is 20.8 Å². The summed E-state index contributed by atoms with van der Waals surface area (Å²) >= 11 is 6.12. The summed E-state index contributed by atoms with van der Waals surface area (Å²) in [5.74, 6) is -0.486. The Morgan fingerprint density at radius 1 is 1.08 bits per heavy atom. The van der Waals surface area contributed by atoms with Gasteiger partial charge in [-0.2, -0.15) is 19.9 Å². The SMILES string of the molecule is Cc1cc(NC(=O)c2cc([N+](=O)[O-])ccc2Cl)n(-c2nc3c(cnn3-c3ccc(C)c(C)c3)c(=O)[nH]2)n1. The second-order valence-corrected chi connectivity index (χ2v) is 8.82. The van der Waals surface area contributed by atoms with E-state index in [-0.39, 0.29) is 33.4 Å². The molecule has 3 aromatic heterocycles. The molecule has 0 radical (unpaired) electrons. The molecule has 0 spiro atoms. The summed E-state index contributed by atoms with van der Waals surface area (Å²) < 4.78 is 2.81. The molecule has 0 unspecified atom stereocenters. The summed E-state index contributed by atoms with van der Waals surface area (Å²) in [6.45, 7) is 5.67. The predicted molar refractivity (Wildman–Crippen MR) is 137 cm³/mol. The molecule has 0 atom stereocenters. The van der Waals surface area contributed by atoms with Gasteiger partial charge in [0.25, 0.3) is 17.2 Å². The van der Waals surface area contributed by atoms with Crippen molar-refractivity contribution in [3.05, 3.63) is 96.5 Å². The van der Waals surface area contributed by atoms with Crippen molar-refractivity contribution in [1.82, 2.24) is 29.5 Å². The van der Waals surface area contributed by atoms with Gasteiger partial charge in [0.05, 0.1) is 33.1 Å². The molecule has 0 fully saturated rings. The maximum Gasteiger partial charge on any atom is 0.270 e. The molecule has 0 aliphatic heterocycles. The molecule has 12 nitrogen and oxygen atoms in total. The van der Waals surface area contributed by atoms with Crippen LogP contribution in [0.25, 0.3) is 22.7 Å². The molecule has 0 saturated heterocycles. The molecule has 1 amide bonds. The van der Waals surface area contributed by atoms with Crippen LogP contribution >= 0.6 is 11.6 Å². The fourth-order valence-corrected chi connectivity index (χ4v) is 3.99. The molecule has 13 heteroatoms. The number of nitrogens with zero attached hydrogens (tertiary/aromatic N) is 6. The number of H-pyrrole nitrogens is 1. The van der Waals surface area contributed by atoms with Gasteiger partial charge in [0.1, 0.15) is 11.2 Å². The van der Waals surface area contributed by atoms with Crippen LogP contribution in [-0.4, -0.2) is 40.4 Å². The first kappa shape index (κ1) is 23.9. The molecule has 0 bridgehead atoms. The van der Waals surface area contributed by atoms with E-state index in [2.05, 4.69) is 25.5 Å². The number of nitrogens with one attached hydrogen (secondary N) is 2. The lowest BCUT2D eigenvalue weighted by Crippen LogP contribution is -2.19. The number of nitro groups is 1. The van der Waals surface area contributed by atoms with Gasteiger partial charge >= 0.3 is 0 Å². The number of nitro benzene ring substituents is 1. The molecular weight excluding hydrogens is 500 g/mol. The second kappa shape index (κ2) is 8.99. The van der Waals surface area contributed by atoms with Gasteiger partial charge in [-0.05, 0) is 50.1 Å². The highest BCUT2D eigenvalue weighted by molar-refractivity contribution is 6.34. The van der Waals surface area contributed by atoms with E-state index in [1.54, 1.807) is 17.7 Å². The van der Waals surface area contributed by atoms with Gasteiger partial charge in [0, 0.05) is 18.2 Å². The zero-order valence-corrected chi connectivity index (χ0v) is 20.6. The van der Waals surface area contributed by atoms with Gasteiger partial charge in [-0.25, -0.2) is 4.68 Å². The van der Waals surface area contributed by atoms with E-state index in [0.717, 1.165) is 22.9 Å². The van der Waals surface area contributed by atoms with E-state index in [0.29, 0.717) is 11.3 Å². The van der Waals surface area contributed by atoms with E-state index in [9.17, 15) is 19.7 Å². The van der Waals surface area contributed by atoms with Gasteiger partial charge in [0.15, 0.2) is 5.65 Å². The van der Waals surface area contributed by atoms with Crippen LogP contribution in [0.3, 0.4) is 0 Å². The number of halogens is 1. The quantitative estimate of drug-likeness (QED) is 0.263. The van der Waals surface area contributed by atoms with Crippen molar-refractivity contribution in [3.8, 4) is 11.6 Å². The average molecular weight is 519 g/mol. The normalized spacial score (nSPS) is 11.1. The number of carbonyl (C=O) groups excluding carboxylic acids is 1. The second-order valence-electron chi connectivity index (χ2n) is 8.41. The number of aromatic nitrogens is 6. The fraction of sp³-hybridized carbons (Fsp3) is 0.125. The number of anilines is 1. The van der Waals surface area contributed by atoms with E-state index in [4.69, 9.17) is 11.6 Å². The maximum atomic E-state index is 13.0. The summed E-state index contributed by atoms with van der Waals surface area (Å²) in [5, 5.41) is 22.8. The first-order valence-corrected chi connectivity index (χ1v) is 11.4. The number of benzene rings is 2. The Hall–Kier alpha value is -4.84. The van der Waals surface area contributed by atoms with Crippen molar-refractivity contribution < 1.29 is 9.72 Å². The van der Waals surface area contributed by atoms with Crippen molar-refractivity contribution in [2.24, 2.45) is 0 Å². The third-order valence-corrected chi connectivity index (χ3v) is 6.17. The third-order valence-electron chi connectivity index (χ3n) is 5.84. The van der Waals surface area contributed by atoms with Gasteiger partial charge in [0.2, 0.25) is 5.95 Å². The van der Waals surface area contributed by atoms with Crippen molar-refractivity contribution in [1.29, 1.82) is 0 Å². The number of rotatable bonds is 5. The number of aromatic amines is 1. The average Bonchev–Trinajstić information content (AvgIpc) is 3.44. The molecule has 5 rings (SSSR count). The number of hydrogen-bond acceptors (Lipinski definition) is 7. The van der Waals surface area contributed by atoms with E-state index < -0.39 is 16.4 Å². The molecule has 0 saturated carbocycles. The number of fused-ring (bicyclic) bond motifs is 1. The summed E-state index contributed by atoms with van der Waals surface area (Å²) in [4.78, 5) is 43.6. The number of amides is 1. The number of carbonyl (C=O) groups is 1. The number of hydrogen-bond donors (Lipinski definition) is 2. The molecule has 186 valence electrons. The summed E-state index contributed by atoms with van der Waals surface area (Å²) in [6.07, 6.45) is 1.43. The Morgan fingerprint density at radius 2 is 1.86 bits per heavy atom. The van der Waals surface area contributed by atoms with E-state index >= 15 is 0 Å². The number of aryl methyl sites for hydroxylation is 3. The summed E-state index contributed by atoms with van der Waals surface area (Å²) in [5.41, 5.74) is 2.90. The molecular formula is C24H19ClN8O4. The van der Waals surface area contributed by atoms with Gasteiger partial charge in [-0.3, -0.25) is 24.7 Å². The molecule has 37 heavy (non-hydrogen) atoms. The molecule has 0 aliphatic rings. The minimum absolute atomic E-state index is 0.0381. The van der Waals surface area contributed by atoms with Gasteiger partial charge in [-0.1, -0.05) is 17.7 Å². The summed E-state index contributed by atoms with van der Waals surface area (Å²) in [7, 11) is 0. The van der Waals surface area contributed by atoms with Crippen LogP contribution in [0.1, 0.15) is 27.2 Å². The highest BCUT2D eigenvalue weighted by Gasteiger charge is 2.20. The lowest BCUT2D eigenvalue weighted by Gasteiger charge is -2.10. The highest BCUT2D eigenvalue weighted by atomic mass is 35.5. The monoisotopic (exact) mass is 518 g/mol. The molecule has 2 N–H and O–H groups in total. The lowest BCUT2D eigenvalue weighted by atomic mass is 10.1. The Balaban J connectivity index is 1.58. The van der Waals surface area contributed by atoms with Gasteiger partial charge in [-0.15, -0.1) is 0 Å². The minimum Gasteiger partial charge on any atom is -0.306 e. The number of non-ortho nitro benzene ring substituents is 1. The van der Waals surface area contributed by atoms with E-state index in [1.807, 2.05) is 32.0 Å². The van der Waals surface area contributed by atoms with Crippen molar-refractivity contribution in [2.75, 3.05) is 5.32 Å². The molecule has 3 heterocycles. The Kier molecular flexibility index (Phi) is 5.80. The topological polar surface area (TPSA) is 154 Å².